The smallest absolute Gasteiger partial charge is 0.183 e. The molecule has 3 rings (SSSR count). The second-order valence-corrected chi connectivity index (χ2v) is 5.09. The molecule has 108 valence electrons. The summed E-state index contributed by atoms with van der Waals surface area (Å²) in [6.07, 6.45) is 1.50. The first-order chi connectivity index (χ1) is 10.7. The lowest BCUT2D eigenvalue weighted by molar-refractivity contribution is 1.16. The number of nitrogens with zero attached hydrogens (tertiary/aromatic N) is 2. The summed E-state index contributed by atoms with van der Waals surface area (Å²) in [5, 5.41) is 0. The molecule has 0 saturated heterocycles. The highest BCUT2D eigenvalue weighted by Gasteiger charge is 2.08. The third-order valence-electron chi connectivity index (χ3n) is 3.18. The van der Waals surface area contributed by atoms with Crippen LogP contribution in [-0.4, -0.2) is 9.80 Å². The first-order valence-corrected chi connectivity index (χ1v) is 7.16. The second kappa shape index (κ2) is 6.41. The normalized spacial score (nSPS) is 10.2. The number of aromatic nitrogens is 1. The highest BCUT2D eigenvalue weighted by atomic mass is 35.5. The zero-order valence-electron chi connectivity index (χ0n) is 11.7. The van der Waals surface area contributed by atoms with Gasteiger partial charge in [0.1, 0.15) is 0 Å². The lowest BCUT2D eigenvalue weighted by atomic mass is 10.0. The maximum absolute atomic E-state index is 11.6. The molecule has 0 N–H and O–H groups in total. The number of pyridine rings is 1. The van der Waals surface area contributed by atoms with Gasteiger partial charge < -0.3 is 0 Å². The third-order valence-corrected chi connectivity index (χ3v) is 3.47. The number of benzene rings is 2. The number of hydrogen-bond acceptors (Lipinski definition) is 2. The van der Waals surface area contributed by atoms with Crippen molar-refractivity contribution in [3.05, 3.63) is 100 Å². The van der Waals surface area contributed by atoms with Crippen molar-refractivity contribution in [3.8, 4) is 0 Å². The van der Waals surface area contributed by atoms with Gasteiger partial charge in [-0.3, -0.25) is 4.79 Å². The van der Waals surface area contributed by atoms with Crippen LogP contribution < -0.4 is 5.43 Å². The fraction of sp³-hybridized carbons (Fsp3) is 0. The lowest BCUT2D eigenvalue weighted by Crippen LogP contribution is -2.05. The van der Waals surface area contributed by atoms with Crippen LogP contribution in [0.25, 0.3) is 0 Å². The Bertz CT molecular complexity index is 814. The molecule has 0 bridgehead atoms. The first-order valence-electron chi connectivity index (χ1n) is 6.82. The van der Waals surface area contributed by atoms with Gasteiger partial charge >= 0.3 is 0 Å². The first kappa shape index (κ1) is 14.3. The summed E-state index contributed by atoms with van der Waals surface area (Å²) in [4.78, 5) is 16.2. The van der Waals surface area contributed by atoms with Gasteiger partial charge in [0, 0.05) is 41.2 Å². The zero-order valence-corrected chi connectivity index (χ0v) is 12.4. The molecule has 4 heteroatoms. The quantitative estimate of drug-likeness (QED) is 0.673. The molecular formula is C18H13ClN2O. The van der Waals surface area contributed by atoms with Gasteiger partial charge in [-0.1, -0.05) is 60.7 Å². The average Bonchev–Trinajstić information content (AvgIpc) is 2.57. The number of rotatable bonds is 3. The van der Waals surface area contributed by atoms with Gasteiger partial charge in [-0.25, -0.2) is 9.08 Å². The summed E-state index contributed by atoms with van der Waals surface area (Å²) < 4.78 is 1.31. The van der Waals surface area contributed by atoms with Gasteiger partial charge in [-0.15, -0.1) is 0 Å². The molecule has 0 aliphatic carbocycles. The van der Waals surface area contributed by atoms with Crippen LogP contribution in [0.2, 0.25) is 0 Å². The molecule has 0 saturated carbocycles. The molecule has 0 aliphatic heterocycles. The van der Waals surface area contributed by atoms with Crippen molar-refractivity contribution in [2.45, 2.75) is 0 Å². The summed E-state index contributed by atoms with van der Waals surface area (Å²) in [5.74, 6) is 0.400. The summed E-state index contributed by atoms with van der Waals surface area (Å²) in [5.41, 5.74) is 2.56. The molecule has 0 aliphatic rings. The Hall–Kier alpha value is -2.65. The maximum atomic E-state index is 11.6. The van der Waals surface area contributed by atoms with Crippen LogP contribution in [-0.2, 0) is 0 Å². The highest BCUT2D eigenvalue weighted by Crippen LogP contribution is 2.17. The zero-order chi connectivity index (χ0) is 15.4. The Balaban J connectivity index is 2.20. The summed E-state index contributed by atoms with van der Waals surface area (Å²) in [6.45, 7) is 0. The maximum Gasteiger partial charge on any atom is 0.183 e. The molecule has 0 fully saturated rings. The van der Waals surface area contributed by atoms with Crippen LogP contribution in [0, 0.1) is 0 Å². The van der Waals surface area contributed by atoms with E-state index in [2.05, 4.69) is 4.99 Å². The van der Waals surface area contributed by atoms with Crippen molar-refractivity contribution in [2.24, 2.45) is 4.99 Å². The Kier molecular flexibility index (Phi) is 4.17. The fourth-order valence-corrected chi connectivity index (χ4v) is 2.28. The molecule has 0 atom stereocenters. The second-order valence-electron chi connectivity index (χ2n) is 4.72. The molecule has 3 aromatic rings. The minimum atomic E-state index is -0.129. The predicted octanol–water partition coefficient (Wildman–Crippen LogP) is 4.02. The van der Waals surface area contributed by atoms with Gasteiger partial charge in [-0.05, 0) is 0 Å². The highest BCUT2D eigenvalue weighted by molar-refractivity contribution is 6.18. The summed E-state index contributed by atoms with van der Waals surface area (Å²) in [7, 11) is 0. The minimum absolute atomic E-state index is 0.129. The number of aliphatic imine (C=N–C) groups is 1. The minimum Gasteiger partial charge on any atom is -0.290 e. The number of halogens is 1. The van der Waals surface area contributed by atoms with E-state index in [0.29, 0.717) is 5.82 Å². The van der Waals surface area contributed by atoms with E-state index in [1.807, 2.05) is 60.7 Å². The van der Waals surface area contributed by atoms with Gasteiger partial charge in [0.2, 0.25) is 0 Å². The molecule has 0 unspecified atom stereocenters. The number of hydrogen-bond donors (Lipinski definition) is 0. The average molecular weight is 309 g/mol. The predicted molar refractivity (Wildman–Crippen MR) is 90.1 cm³/mol. The van der Waals surface area contributed by atoms with Crippen LogP contribution in [0.4, 0.5) is 5.82 Å². The van der Waals surface area contributed by atoms with Crippen molar-refractivity contribution in [2.75, 3.05) is 0 Å². The molecule has 0 spiro atoms. The third kappa shape index (κ3) is 3.15. The van der Waals surface area contributed by atoms with Crippen molar-refractivity contribution in [3.63, 3.8) is 0 Å². The van der Waals surface area contributed by atoms with Gasteiger partial charge in [0.05, 0.1) is 5.71 Å². The lowest BCUT2D eigenvalue weighted by Gasteiger charge is -2.08. The molecule has 1 heterocycles. The van der Waals surface area contributed by atoms with Crippen molar-refractivity contribution in [1.82, 2.24) is 4.09 Å². The van der Waals surface area contributed by atoms with Gasteiger partial charge in [-0.2, -0.15) is 0 Å². The van der Waals surface area contributed by atoms with E-state index in [9.17, 15) is 4.79 Å². The van der Waals surface area contributed by atoms with Crippen LogP contribution in [0.1, 0.15) is 11.1 Å². The van der Waals surface area contributed by atoms with Crippen molar-refractivity contribution in [1.29, 1.82) is 0 Å². The van der Waals surface area contributed by atoms with Crippen LogP contribution >= 0.6 is 11.8 Å². The Morgan fingerprint density at radius 3 is 1.95 bits per heavy atom. The van der Waals surface area contributed by atoms with E-state index in [0.717, 1.165) is 16.8 Å². The Morgan fingerprint density at radius 2 is 1.41 bits per heavy atom. The van der Waals surface area contributed by atoms with E-state index in [1.54, 1.807) is 0 Å². The molecule has 0 amide bonds. The van der Waals surface area contributed by atoms with E-state index in [-0.39, 0.29) is 5.43 Å². The largest absolute Gasteiger partial charge is 0.290 e. The van der Waals surface area contributed by atoms with Gasteiger partial charge in [0.15, 0.2) is 11.2 Å². The fourth-order valence-electron chi connectivity index (χ4n) is 2.13. The standard InChI is InChI=1S/C18H13ClN2O/c19-21-12-11-16(22)13-17(21)20-18(14-7-3-1-4-8-14)15-9-5-2-6-10-15/h1-13H. The van der Waals surface area contributed by atoms with Crippen LogP contribution in [0.3, 0.4) is 0 Å². The molecule has 3 nitrogen and oxygen atoms in total. The Labute approximate surface area is 133 Å². The van der Waals surface area contributed by atoms with Crippen LogP contribution in [0.15, 0.2) is 88.8 Å². The summed E-state index contributed by atoms with van der Waals surface area (Å²) in [6, 6.07) is 22.4. The molecule has 1 aromatic heterocycles. The van der Waals surface area contributed by atoms with Crippen LogP contribution in [0.5, 0.6) is 0 Å². The van der Waals surface area contributed by atoms with E-state index >= 15 is 0 Å². The van der Waals surface area contributed by atoms with E-state index in [4.69, 9.17) is 11.8 Å². The SMILES string of the molecule is O=c1ccn(Cl)c(N=C(c2ccccc2)c2ccccc2)c1. The molecule has 22 heavy (non-hydrogen) atoms. The molecule has 2 aromatic carbocycles. The van der Waals surface area contributed by atoms with E-state index < -0.39 is 0 Å². The molecule has 0 radical (unpaired) electrons. The topological polar surface area (TPSA) is 34.4 Å². The van der Waals surface area contributed by atoms with Gasteiger partial charge in [0.25, 0.3) is 0 Å². The van der Waals surface area contributed by atoms with E-state index in [1.165, 1.54) is 22.4 Å². The summed E-state index contributed by atoms with van der Waals surface area (Å²) >= 11 is 6.09. The van der Waals surface area contributed by atoms with Crippen molar-refractivity contribution >= 4 is 23.3 Å². The monoisotopic (exact) mass is 308 g/mol. The van der Waals surface area contributed by atoms with Crippen molar-refractivity contribution < 1.29 is 0 Å². The molecular weight excluding hydrogens is 296 g/mol. The Morgan fingerprint density at radius 1 is 0.864 bits per heavy atom.